The van der Waals surface area contributed by atoms with Crippen molar-refractivity contribution in [1.29, 1.82) is 0 Å². The molecule has 3 amide bonds. The van der Waals surface area contributed by atoms with E-state index in [0.29, 0.717) is 5.16 Å². The van der Waals surface area contributed by atoms with Crippen molar-refractivity contribution >= 4 is 29.7 Å². The number of nitrogens with one attached hydrogen (secondary N) is 2. The number of aryl methyl sites for hydroxylation is 2. The quantitative estimate of drug-likeness (QED) is 0.451. The van der Waals surface area contributed by atoms with Crippen LogP contribution in [0.1, 0.15) is 25.2 Å². The van der Waals surface area contributed by atoms with E-state index >= 15 is 0 Å². The number of hydrogen-bond acceptors (Lipinski definition) is 7. The second kappa shape index (κ2) is 9.09. The molecule has 0 aliphatic heterocycles. The predicted octanol–water partition coefficient (Wildman–Crippen LogP) is 0.963. The molecule has 0 aromatic carbocycles. The number of carbonyl (C=O) groups is 3. The van der Waals surface area contributed by atoms with Gasteiger partial charge in [0.05, 0.1) is 5.75 Å². The molecule has 0 radical (unpaired) electrons. The highest BCUT2D eigenvalue weighted by molar-refractivity contribution is 7.99. The van der Waals surface area contributed by atoms with Gasteiger partial charge in [0, 0.05) is 17.4 Å². The molecule has 0 fully saturated rings. The highest BCUT2D eigenvalue weighted by Gasteiger charge is 2.12. The molecule has 1 aromatic rings. The zero-order valence-electron chi connectivity index (χ0n) is 13.5. The number of amides is 3. The van der Waals surface area contributed by atoms with Gasteiger partial charge in [-0.15, -0.1) is 0 Å². The van der Waals surface area contributed by atoms with Crippen LogP contribution in [0.2, 0.25) is 0 Å². The summed E-state index contributed by atoms with van der Waals surface area (Å²) in [6, 6.07) is 1.10. The standard InChI is InChI=1S/C14H20N4O4S/c1-8(2)15-13(21)18-11(19)6-22-12(20)7-23-14-16-9(3)5-10(4)17-14/h5,8H,6-7H2,1-4H3,(H2,15,18,19,21). The molecule has 0 bridgehead atoms. The Hall–Kier alpha value is -2.16. The van der Waals surface area contributed by atoms with Gasteiger partial charge in [-0.05, 0) is 33.8 Å². The second-order valence-corrected chi connectivity index (χ2v) is 6.00. The van der Waals surface area contributed by atoms with Gasteiger partial charge in [-0.3, -0.25) is 14.9 Å². The van der Waals surface area contributed by atoms with E-state index in [1.165, 1.54) is 0 Å². The van der Waals surface area contributed by atoms with Crippen molar-refractivity contribution in [2.75, 3.05) is 12.4 Å². The van der Waals surface area contributed by atoms with Gasteiger partial charge in [0.2, 0.25) is 0 Å². The summed E-state index contributed by atoms with van der Waals surface area (Å²) < 4.78 is 4.78. The fourth-order valence-electron chi connectivity index (χ4n) is 1.53. The lowest BCUT2D eigenvalue weighted by atomic mass is 10.4. The molecule has 1 aromatic heterocycles. The molecule has 0 aliphatic rings. The van der Waals surface area contributed by atoms with E-state index in [0.717, 1.165) is 23.1 Å². The van der Waals surface area contributed by atoms with Gasteiger partial charge in [-0.2, -0.15) is 0 Å². The molecule has 126 valence electrons. The van der Waals surface area contributed by atoms with Crippen molar-refractivity contribution in [3.8, 4) is 0 Å². The average Bonchev–Trinajstić information content (AvgIpc) is 2.40. The number of urea groups is 1. The first-order valence-corrected chi connectivity index (χ1v) is 7.96. The highest BCUT2D eigenvalue weighted by Crippen LogP contribution is 2.14. The summed E-state index contributed by atoms with van der Waals surface area (Å²) in [6.45, 7) is 6.68. The fraction of sp³-hybridized carbons (Fsp3) is 0.500. The Bertz CT molecular complexity index is 572. The third-order valence-corrected chi connectivity index (χ3v) is 3.14. The molecule has 0 saturated carbocycles. The van der Waals surface area contributed by atoms with E-state index < -0.39 is 24.5 Å². The molecule has 1 heterocycles. The molecule has 9 heteroatoms. The molecule has 0 aliphatic carbocycles. The van der Waals surface area contributed by atoms with Gasteiger partial charge in [-0.1, -0.05) is 11.8 Å². The van der Waals surface area contributed by atoms with Crippen LogP contribution in [0.15, 0.2) is 11.2 Å². The number of nitrogens with zero attached hydrogens (tertiary/aromatic N) is 2. The number of ether oxygens (including phenoxy) is 1. The Kier molecular flexibility index (Phi) is 7.46. The van der Waals surface area contributed by atoms with Gasteiger partial charge in [0.25, 0.3) is 5.91 Å². The normalized spacial score (nSPS) is 10.3. The molecule has 2 N–H and O–H groups in total. The number of imide groups is 1. The van der Waals surface area contributed by atoms with Gasteiger partial charge in [0.1, 0.15) is 0 Å². The Labute approximate surface area is 138 Å². The lowest BCUT2D eigenvalue weighted by Crippen LogP contribution is -2.44. The number of esters is 1. The van der Waals surface area contributed by atoms with E-state index in [4.69, 9.17) is 4.74 Å². The van der Waals surface area contributed by atoms with Crippen molar-refractivity contribution < 1.29 is 19.1 Å². The van der Waals surface area contributed by atoms with Crippen LogP contribution in [0.3, 0.4) is 0 Å². The number of thioether (sulfide) groups is 1. The van der Waals surface area contributed by atoms with E-state index in [1.807, 2.05) is 19.9 Å². The van der Waals surface area contributed by atoms with Crippen molar-refractivity contribution in [3.05, 3.63) is 17.5 Å². The minimum atomic E-state index is -0.691. The number of carbonyl (C=O) groups excluding carboxylic acids is 3. The largest absolute Gasteiger partial charge is 0.455 e. The molecule has 8 nitrogen and oxygen atoms in total. The number of rotatable bonds is 6. The highest BCUT2D eigenvalue weighted by atomic mass is 32.2. The maximum Gasteiger partial charge on any atom is 0.321 e. The van der Waals surface area contributed by atoms with Crippen LogP contribution in [0.5, 0.6) is 0 Å². The first-order valence-electron chi connectivity index (χ1n) is 6.97. The Morgan fingerprint density at radius 3 is 2.39 bits per heavy atom. The molecule has 0 atom stereocenters. The zero-order valence-corrected chi connectivity index (χ0v) is 14.3. The lowest BCUT2D eigenvalue weighted by molar-refractivity contribution is -0.145. The Morgan fingerprint density at radius 2 is 1.83 bits per heavy atom. The van der Waals surface area contributed by atoms with Crippen LogP contribution >= 0.6 is 11.8 Å². The van der Waals surface area contributed by atoms with Gasteiger partial charge >= 0.3 is 12.0 Å². The van der Waals surface area contributed by atoms with E-state index in [-0.39, 0.29) is 11.8 Å². The van der Waals surface area contributed by atoms with Crippen LogP contribution in [0.4, 0.5) is 4.79 Å². The predicted molar refractivity (Wildman–Crippen MR) is 85.0 cm³/mol. The number of hydrogen-bond donors (Lipinski definition) is 2. The van der Waals surface area contributed by atoms with Gasteiger partial charge in [-0.25, -0.2) is 14.8 Å². The fourth-order valence-corrected chi connectivity index (χ4v) is 2.28. The minimum absolute atomic E-state index is 0.0195. The summed E-state index contributed by atoms with van der Waals surface area (Å²) in [4.78, 5) is 42.6. The van der Waals surface area contributed by atoms with Crippen molar-refractivity contribution in [2.45, 2.75) is 38.9 Å². The maximum atomic E-state index is 11.6. The zero-order chi connectivity index (χ0) is 17.4. The van der Waals surface area contributed by atoms with E-state index in [1.54, 1.807) is 13.8 Å². The topological polar surface area (TPSA) is 110 Å². The third kappa shape index (κ3) is 8.15. The smallest absolute Gasteiger partial charge is 0.321 e. The first-order chi connectivity index (χ1) is 10.8. The Morgan fingerprint density at radius 1 is 1.22 bits per heavy atom. The van der Waals surface area contributed by atoms with Crippen molar-refractivity contribution in [1.82, 2.24) is 20.6 Å². The first kappa shape index (κ1) is 18.9. The third-order valence-electron chi connectivity index (χ3n) is 2.32. The van der Waals surface area contributed by atoms with Gasteiger partial charge in [0.15, 0.2) is 11.8 Å². The summed E-state index contributed by atoms with van der Waals surface area (Å²) in [5.74, 6) is -1.30. The van der Waals surface area contributed by atoms with E-state index in [2.05, 4.69) is 20.6 Å². The van der Waals surface area contributed by atoms with Crippen LogP contribution in [-0.2, 0) is 14.3 Å². The van der Waals surface area contributed by atoms with Crippen LogP contribution in [0.25, 0.3) is 0 Å². The van der Waals surface area contributed by atoms with Crippen LogP contribution < -0.4 is 10.6 Å². The molecular weight excluding hydrogens is 320 g/mol. The van der Waals surface area contributed by atoms with Crippen molar-refractivity contribution in [2.24, 2.45) is 0 Å². The number of aromatic nitrogens is 2. The monoisotopic (exact) mass is 340 g/mol. The SMILES string of the molecule is Cc1cc(C)nc(SCC(=O)OCC(=O)NC(=O)NC(C)C)n1. The molecular formula is C14H20N4O4S. The second-order valence-electron chi connectivity index (χ2n) is 5.06. The molecule has 23 heavy (non-hydrogen) atoms. The van der Waals surface area contributed by atoms with E-state index in [9.17, 15) is 14.4 Å². The van der Waals surface area contributed by atoms with Crippen LogP contribution in [0, 0.1) is 13.8 Å². The Balaban J connectivity index is 2.31. The van der Waals surface area contributed by atoms with Crippen LogP contribution in [-0.4, -0.2) is 46.3 Å². The summed E-state index contributed by atoms with van der Waals surface area (Å²) in [5.41, 5.74) is 1.62. The van der Waals surface area contributed by atoms with Crippen molar-refractivity contribution in [3.63, 3.8) is 0 Å². The molecule has 1 rings (SSSR count). The maximum absolute atomic E-state index is 11.6. The molecule has 0 unspecified atom stereocenters. The average molecular weight is 340 g/mol. The minimum Gasteiger partial charge on any atom is -0.455 e. The molecule has 0 spiro atoms. The van der Waals surface area contributed by atoms with Gasteiger partial charge < -0.3 is 10.1 Å². The summed E-state index contributed by atoms with van der Waals surface area (Å²) in [5, 5.41) is 5.02. The lowest BCUT2D eigenvalue weighted by Gasteiger charge is -2.09. The summed E-state index contributed by atoms with van der Waals surface area (Å²) in [7, 11) is 0. The summed E-state index contributed by atoms with van der Waals surface area (Å²) >= 11 is 1.12. The molecule has 0 saturated heterocycles. The summed E-state index contributed by atoms with van der Waals surface area (Å²) in [6.07, 6.45) is 0.